The number of hydrogen-bond donors (Lipinski definition) is 3. The summed E-state index contributed by atoms with van der Waals surface area (Å²) < 4.78 is 9.67. The molecule has 8 nitrogen and oxygen atoms in total. The van der Waals surface area contributed by atoms with Gasteiger partial charge in [0.1, 0.15) is 11.4 Å². The molecule has 0 spiro atoms. The fourth-order valence-corrected chi connectivity index (χ4v) is 6.44. The number of nitrogens with one attached hydrogen (secondary N) is 2. The lowest BCUT2D eigenvalue weighted by molar-refractivity contribution is -0.267. The van der Waals surface area contributed by atoms with Crippen molar-refractivity contribution in [3.8, 4) is 0 Å². The Labute approximate surface area is 172 Å². The lowest BCUT2D eigenvalue weighted by Gasteiger charge is -2.68. The van der Waals surface area contributed by atoms with Crippen LogP contribution < -0.4 is 11.1 Å². The third-order valence-corrected chi connectivity index (χ3v) is 7.79. The Hall–Kier alpha value is -2.42. The van der Waals surface area contributed by atoms with E-state index in [1.54, 1.807) is 0 Å². The molecule has 9 heteroatoms. The first kappa shape index (κ1) is 18.6. The van der Waals surface area contributed by atoms with E-state index in [4.69, 9.17) is 10.5 Å². The van der Waals surface area contributed by atoms with E-state index in [9.17, 15) is 9.59 Å². The minimum Gasteiger partial charge on any atom is -0.443 e. The summed E-state index contributed by atoms with van der Waals surface area (Å²) in [5.41, 5.74) is 6.92. The lowest BCUT2D eigenvalue weighted by atomic mass is 9.41. The number of H-pyrrole nitrogens is 1. The van der Waals surface area contributed by atoms with E-state index in [0.717, 1.165) is 48.4 Å². The van der Waals surface area contributed by atoms with Gasteiger partial charge in [-0.3, -0.25) is 9.89 Å². The lowest BCUT2D eigenvalue weighted by Crippen LogP contribution is -2.71. The van der Waals surface area contributed by atoms with Crippen LogP contribution in [0.25, 0.3) is 0 Å². The van der Waals surface area contributed by atoms with Crippen LogP contribution in [0.4, 0.5) is 10.6 Å². The Morgan fingerprint density at radius 3 is 2.83 bits per heavy atom. The molecule has 4 fully saturated rings. The van der Waals surface area contributed by atoms with Gasteiger partial charge in [0, 0.05) is 22.8 Å². The molecule has 2 bridgehead atoms. The molecule has 2 aromatic heterocycles. The van der Waals surface area contributed by atoms with Crippen LogP contribution in [0.3, 0.4) is 0 Å². The Balaban J connectivity index is 1.16. The number of rotatable bonds is 6. The maximum Gasteiger partial charge on any atom is 0.405 e. The van der Waals surface area contributed by atoms with E-state index in [2.05, 4.69) is 19.9 Å². The number of nitrogens with zero attached hydrogens (tertiary/aromatic N) is 2. The van der Waals surface area contributed by atoms with E-state index in [-0.39, 0.29) is 11.5 Å². The van der Waals surface area contributed by atoms with E-state index >= 15 is 0 Å². The van der Waals surface area contributed by atoms with Gasteiger partial charge in [-0.05, 0) is 68.5 Å². The summed E-state index contributed by atoms with van der Waals surface area (Å²) in [6.45, 7) is 1.92. The molecule has 2 aromatic rings. The van der Waals surface area contributed by atoms with Crippen molar-refractivity contribution in [2.75, 3.05) is 5.32 Å². The fraction of sp³-hybridized carbons (Fsp3) is 0.600. The molecule has 4 aliphatic rings. The largest absolute Gasteiger partial charge is 0.443 e. The average Bonchev–Trinajstić information content (AvgIpc) is 3.33. The number of primary amides is 1. The van der Waals surface area contributed by atoms with Crippen LogP contribution in [-0.2, 0) is 16.0 Å². The summed E-state index contributed by atoms with van der Waals surface area (Å²) in [4.78, 5) is 24.4. The van der Waals surface area contributed by atoms with Crippen molar-refractivity contribution in [3.63, 3.8) is 0 Å². The minimum atomic E-state index is -0.649. The molecule has 0 aromatic carbocycles. The Kier molecular flexibility index (Phi) is 4.38. The van der Waals surface area contributed by atoms with E-state index in [1.807, 2.05) is 19.1 Å². The summed E-state index contributed by atoms with van der Waals surface area (Å²) >= 11 is 1.36. The van der Waals surface area contributed by atoms with Gasteiger partial charge in [0.2, 0.25) is 5.91 Å². The molecule has 0 aliphatic heterocycles. The second-order valence-corrected chi connectivity index (χ2v) is 9.71. The highest BCUT2D eigenvalue weighted by Crippen LogP contribution is 2.69. The first-order chi connectivity index (χ1) is 13.9. The van der Waals surface area contributed by atoms with Crippen molar-refractivity contribution in [2.45, 2.75) is 57.0 Å². The molecule has 1 unspecified atom stereocenters. The zero-order valence-corrected chi connectivity index (χ0v) is 17.1. The number of aryl methyl sites for hydroxylation is 1. The zero-order valence-electron chi connectivity index (χ0n) is 16.3. The zero-order chi connectivity index (χ0) is 20.2. The molecular formula is C20H25N5O3S. The normalized spacial score (nSPS) is 32.3. The van der Waals surface area contributed by atoms with Gasteiger partial charge in [0.05, 0.1) is 17.8 Å². The Morgan fingerprint density at radius 1 is 1.34 bits per heavy atom. The molecule has 0 saturated heterocycles. The predicted octanol–water partition coefficient (Wildman–Crippen LogP) is 3.11. The van der Waals surface area contributed by atoms with Crippen LogP contribution in [0, 0.1) is 24.7 Å². The second-order valence-electron chi connectivity index (χ2n) is 8.82. The molecule has 2 heterocycles. The maximum absolute atomic E-state index is 12.2. The Bertz CT molecular complexity index is 948. The average molecular weight is 416 g/mol. The van der Waals surface area contributed by atoms with Crippen LogP contribution in [0.5, 0.6) is 0 Å². The van der Waals surface area contributed by atoms with Crippen LogP contribution >= 0.6 is 11.5 Å². The molecule has 2 amide bonds. The number of carbonyl (C=O) groups excluding carboxylic acids is 2. The highest BCUT2D eigenvalue weighted by molar-refractivity contribution is 7.05. The van der Waals surface area contributed by atoms with Gasteiger partial charge in [-0.2, -0.15) is 9.47 Å². The van der Waals surface area contributed by atoms with Crippen LogP contribution in [0.2, 0.25) is 0 Å². The molecule has 154 valence electrons. The van der Waals surface area contributed by atoms with Crippen LogP contribution in [-0.4, -0.2) is 32.2 Å². The van der Waals surface area contributed by atoms with Gasteiger partial charge in [-0.15, -0.1) is 0 Å². The minimum absolute atomic E-state index is 0.0757. The Morgan fingerprint density at radius 2 is 2.17 bits per heavy atom. The molecule has 4 saturated carbocycles. The number of hydrogen-bond acceptors (Lipinski definition) is 6. The first-order valence-corrected chi connectivity index (χ1v) is 10.9. The van der Waals surface area contributed by atoms with Crippen molar-refractivity contribution < 1.29 is 14.3 Å². The summed E-state index contributed by atoms with van der Waals surface area (Å²) in [6, 6.07) is 3.88. The smallest absolute Gasteiger partial charge is 0.405 e. The van der Waals surface area contributed by atoms with Crippen molar-refractivity contribution in [1.82, 2.24) is 14.6 Å². The number of nitrogens with two attached hydrogens (primary N) is 1. The van der Waals surface area contributed by atoms with Gasteiger partial charge in [0.25, 0.3) is 0 Å². The van der Waals surface area contributed by atoms with Crippen LogP contribution in [0.15, 0.2) is 12.1 Å². The highest BCUT2D eigenvalue weighted by atomic mass is 32.1. The quantitative estimate of drug-likeness (QED) is 0.669. The number of carbonyl (C=O) groups is 2. The fourth-order valence-electron chi connectivity index (χ4n) is 5.70. The number of aromatic amines is 1. The van der Waals surface area contributed by atoms with Gasteiger partial charge < -0.3 is 15.8 Å². The molecule has 4 aliphatic carbocycles. The van der Waals surface area contributed by atoms with Gasteiger partial charge in [-0.1, -0.05) is 0 Å². The number of amides is 2. The van der Waals surface area contributed by atoms with Gasteiger partial charge >= 0.3 is 6.09 Å². The van der Waals surface area contributed by atoms with E-state index < -0.39 is 6.09 Å². The number of ether oxygens (including phenoxy) is 1. The van der Waals surface area contributed by atoms with Crippen molar-refractivity contribution in [2.24, 2.45) is 23.5 Å². The second kappa shape index (κ2) is 6.83. The molecule has 29 heavy (non-hydrogen) atoms. The topological polar surface area (TPSA) is 123 Å². The SMILES string of the molecule is Cc1cc(CC(=O)Nc2cc([C@@H]3CC[C@H](C4C5CC4(OC(N)=O)C5)C3)n[nH]2)sn1. The highest BCUT2D eigenvalue weighted by Gasteiger charge is 2.70. The maximum atomic E-state index is 12.2. The monoisotopic (exact) mass is 415 g/mol. The summed E-state index contributed by atoms with van der Waals surface area (Å²) in [7, 11) is 0. The van der Waals surface area contributed by atoms with Crippen molar-refractivity contribution in [1.29, 1.82) is 0 Å². The van der Waals surface area contributed by atoms with Crippen molar-refractivity contribution >= 4 is 29.4 Å². The number of aromatic nitrogens is 3. The third kappa shape index (κ3) is 3.31. The van der Waals surface area contributed by atoms with Crippen LogP contribution in [0.1, 0.15) is 54.3 Å². The van der Waals surface area contributed by atoms with Gasteiger partial charge in [-0.25, -0.2) is 4.79 Å². The summed E-state index contributed by atoms with van der Waals surface area (Å²) in [5, 5.41) is 10.3. The summed E-state index contributed by atoms with van der Waals surface area (Å²) in [5.74, 6) is 2.62. The van der Waals surface area contributed by atoms with Gasteiger partial charge in [0.15, 0.2) is 0 Å². The van der Waals surface area contributed by atoms with E-state index in [1.165, 1.54) is 11.5 Å². The number of anilines is 1. The summed E-state index contributed by atoms with van der Waals surface area (Å²) in [6.07, 6.45) is 4.84. The van der Waals surface area contributed by atoms with E-state index in [0.29, 0.717) is 35.9 Å². The van der Waals surface area contributed by atoms with Crippen molar-refractivity contribution in [3.05, 3.63) is 28.4 Å². The molecule has 6 rings (SSSR count). The molecule has 4 N–H and O–H groups in total. The third-order valence-electron chi connectivity index (χ3n) is 6.92. The first-order valence-electron chi connectivity index (χ1n) is 10.2. The standard InChI is InChI=1S/C20H25N5O3S/c1-10-4-14(29-25-10)6-17(26)22-16-7-15(23-24-16)11-2-3-12(5-11)18-13-8-20(18,9-13)28-19(21)27/h4,7,11-13,18H,2-3,5-6,8-9H2,1H3,(H2,21,27)(H2,22,23,24,26)/t11-,12+,13?,18?,20?/m1/s1. The molecule has 3 atom stereocenters. The predicted molar refractivity (Wildman–Crippen MR) is 107 cm³/mol. The molecule has 0 radical (unpaired) electrons. The molecular weight excluding hydrogens is 390 g/mol.